The Morgan fingerprint density at radius 3 is 2.84 bits per heavy atom. The van der Waals surface area contributed by atoms with Gasteiger partial charge < -0.3 is 19.5 Å². The predicted octanol–water partition coefficient (Wildman–Crippen LogP) is 2.28. The van der Waals surface area contributed by atoms with Gasteiger partial charge in [-0.05, 0) is 37.5 Å². The van der Waals surface area contributed by atoms with Crippen LogP contribution in [-0.2, 0) is 27.4 Å². The van der Waals surface area contributed by atoms with E-state index in [0.717, 1.165) is 17.1 Å². The van der Waals surface area contributed by atoms with Crippen LogP contribution in [0.2, 0.25) is 0 Å². The molecule has 4 heterocycles. The molecule has 2 aromatic rings. The van der Waals surface area contributed by atoms with E-state index in [-0.39, 0.29) is 17.9 Å². The van der Waals surface area contributed by atoms with Crippen LogP contribution in [-0.4, -0.2) is 56.9 Å². The number of nitrogens with zero attached hydrogens (tertiary/aromatic N) is 3. The third-order valence-electron chi connectivity index (χ3n) is 6.93. The molecule has 4 atom stereocenters. The highest BCUT2D eigenvalue weighted by atomic mass is 16.5. The summed E-state index contributed by atoms with van der Waals surface area (Å²) in [6, 6.07) is 6.28. The molecule has 2 saturated heterocycles. The topological polar surface area (TPSA) is 78.5 Å². The molecule has 0 saturated carbocycles. The van der Waals surface area contributed by atoms with Gasteiger partial charge in [0.1, 0.15) is 11.4 Å². The van der Waals surface area contributed by atoms with Gasteiger partial charge in [0.05, 0.1) is 31.0 Å². The highest BCUT2D eigenvalue weighted by Crippen LogP contribution is 2.52. The SMILES string of the molecule is Cc1cnc(CN(C)C(=O)C2C3C(=O)N(Cc4ccc(C)c(C)c4)C[C@]34C=C[C@H]2O4)[nH]1. The van der Waals surface area contributed by atoms with E-state index < -0.39 is 17.4 Å². The van der Waals surface area contributed by atoms with Crippen molar-refractivity contribution in [1.82, 2.24) is 19.8 Å². The van der Waals surface area contributed by atoms with Gasteiger partial charge in [0.25, 0.3) is 0 Å². The van der Waals surface area contributed by atoms with Crippen molar-refractivity contribution in [3.63, 3.8) is 0 Å². The zero-order valence-electron chi connectivity index (χ0n) is 18.4. The summed E-state index contributed by atoms with van der Waals surface area (Å²) in [5.41, 5.74) is 3.80. The van der Waals surface area contributed by atoms with E-state index in [1.54, 1.807) is 18.1 Å². The first-order chi connectivity index (χ1) is 14.8. The Morgan fingerprint density at radius 2 is 2.13 bits per heavy atom. The van der Waals surface area contributed by atoms with Crippen molar-refractivity contribution in [2.75, 3.05) is 13.6 Å². The van der Waals surface area contributed by atoms with Crippen molar-refractivity contribution in [2.45, 2.75) is 45.6 Å². The fourth-order valence-corrected chi connectivity index (χ4v) is 5.22. The van der Waals surface area contributed by atoms with Gasteiger partial charge in [-0.3, -0.25) is 9.59 Å². The second-order valence-corrected chi connectivity index (χ2v) is 9.22. The second-order valence-electron chi connectivity index (χ2n) is 9.22. The summed E-state index contributed by atoms with van der Waals surface area (Å²) in [4.78, 5) is 37.8. The largest absolute Gasteiger partial charge is 0.360 e. The number of hydrogen-bond acceptors (Lipinski definition) is 4. The molecule has 5 rings (SSSR count). The number of amides is 2. The van der Waals surface area contributed by atoms with E-state index in [1.807, 2.05) is 24.0 Å². The van der Waals surface area contributed by atoms with Gasteiger partial charge in [-0.15, -0.1) is 0 Å². The number of rotatable bonds is 5. The molecule has 1 aromatic carbocycles. The number of aromatic nitrogens is 2. The Bertz CT molecular complexity index is 1090. The van der Waals surface area contributed by atoms with E-state index >= 15 is 0 Å². The maximum absolute atomic E-state index is 13.4. The van der Waals surface area contributed by atoms with Crippen LogP contribution in [0.4, 0.5) is 0 Å². The quantitative estimate of drug-likeness (QED) is 0.753. The number of aryl methyl sites for hydroxylation is 3. The fraction of sp³-hybridized carbons (Fsp3) is 0.458. The summed E-state index contributed by atoms with van der Waals surface area (Å²) >= 11 is 0. The summed E-state index contributed by atoms with van der Waals surface area (Å²) in [6.07, 6.45) is 5.36. The smallest absolute Gasteiger partial charge is 0.230 e. The summed E-state index contributed by atoms with van der Waals surface area (Å²) in [7, 11) is 1.76. The van der Waals surface area contributed by atoms with Gasteiger partial charge in [0.2, 0.25) is 11.8 Å². The fourth-order valence-electron chi connectivity index (χ4n) is 5.22. The number of aromatic amines is 1. The molecule has 7 nitrogen and oxygen atoms in total. The lowest BCUT2D eigenvalue weighted by atomic mass is 9.76. The van der Waals surface area contributed by atoms with Crippen molar-refractivity contribution in [3.05, 3.63) is 64.8 Å². The minimum atomic E-state index is -0.691. The number of ether oxygens (including phenoxy) is 1. The van der Waals surface area contributed by atoms with Crippen molar-refractivity contribution in [2.24, 2.45) is 11.8 Å². The lowest BCUT2D eigenvalue weighted by Gasteiger charge is -2.27. The Labute approximate surface area is 182 Å². The monoisotopic (exact) mass is 420 g/mol. The molecule has 3 aliphatic heterocycles. The van der Waals surface area contributed by atoms with Crippen molar-refractivity contribution < 1.29 is 14.3 Å². The number of fused-ring (bicyclic) bond motifs is 1. The van der Waals surface area contributed by atoms with Crippen molar-refractivity contribution >= 4 is 11.8 Å². The van der Waals surface area contributed by atoms with Crippen LogP contribution in [0.3, 0.4) is 0 Å². The van der Waals surface area contributed by atoms with Crippen LogP contribution in [0.25, 0.3) is 0 Å². The maximum atomic E-state index is 13.4. The highest BCUT2D eigenvalue weighted by molar-refractivity contribution is 5.93. The van der Waals surface area contributed by atoms with Gasteiger partial charge in [-0.1, -0.05) is 30.4 Å². The number of carbonyl (C=O) groups is 2. The summed E-state index contributed by atoms with van der Waals surface area (Å²) < 4.78 is 6.26. The normalized spacial score (nSPS) is 28.5. The molecule has 162 valence electrons. The number of likely N-dealkylation sites (tertiary alicyclic amines) is 1. The van der Waals surface area contributed by atoms with E-state index in [2.05, 4.69) is 42.0 Å². The molecule has 1 N–H and O–H groups in total. The third-order valence-corrected chi connectivity index (χ3v) is 6.93. The first-order valence-electron chi connectivity index (χ1n) is 10.7. The molecule has 1 spiro atoms. The zero-order valence-corrected chi connectivity index (χ0v) is 18.4. The molecule has 3 aliphatic rings. The standard InChI is InChI=1S/C24H28N4O3/c1-14-5-6-17(9-15(14)2)11-28-13-24-8-7-18(31-24)20(21(24)23(28)30)22(29)27(4)12-19-25-10-16(3)26-19/h5-10,18,20-21H,11-13H2,1-4H3,(H,25,26)/t18-,20?,21?,24-/m1/s1. The molecule has 7 heteroatoms. The number of imidazole rings is 1. The van der Waals surface area contributed by atoms with E-state index in [1.165, 1.54) is 11.1 Å². The predicted molar refractivity (Wildman–Crippen MR) is 115 cm³/mol. The van der Waals surface area contributed by atoms with Gasteiger partial charge in [-0.2, -0.15) is 0 Å². The number of benzene rings is 1. The number of carbonyl (C=O) groups excluding carboxylic acids is 2. The minimum Gasteiger partial charge on any atom is -0.360 e. The Kier molecular flexibility index (Phi) is 4.55. The molecular weight excluding hydrogens is 392 g/mol. The minimum absolute atomic E-state index is 0.00525. The Balaban J connectivity index is 1.35. The number of H-pyrrole nitrogens is 1. The maximum Gasteiger partial charge on any atom is 0.230 e. The molecule has 2 fully saturated rings. The molecular formula is C24H28N4O3. The Morgan fingerprint density at radius 1 is 1.32 bits per heavy atom. The lowest BCUT2D eigenvalue weighted by Crippen LogP contribution is -2.44. The average Bonchev–Trinajstić information content (AvgIpc) is 3.46. The molecule has 0 radical (unpaired) electrons. The average molecular weight is 421 g/mol. The van der Waals surface area contributed by atoms with Gasteiger partial charge >= 0.3 is 0 Å². The Hall–Kier alpha value is -2.93. The lowest BCUT2D eigenvalue weighted by molar-refractivity contribution is -0.143. The summed E-state index contributed by atoms with van der Waals surface area (Å²) in [6.45, 7) is 7.48. The van der Waals surface area contributed by atoms with E-state index in [4.69, 9.17) is 4.74 Å². The van der Waals surface area contributed by atoms with Crippen LogP contribution in [0.15, 0.2) is 36.5 Å². The number of hydrogen-bond donors (Lipinski definition) is 1. The second kappa shape index (κ2) is 7.05. The summed E-state index contributed by atoms with van der Waals surface area (Å²) in [5, 5.41) is 0. The zero-order chi connectivity index (χ0) is 21.9. The molecule has 2 bridgehead atoms. The van der Waals surface area contributed by atoms with Gasteiger partial charge in [-0.25, -0.2) is 4.98 Å². The van der Waals surface area contributed by atoms with Crippen LogP contribution in [0, 0.1) is 32.6 Å². The van der Waals surface area contributed by atoms with Crippen molar-refractivity contribution in [1.29, 1.82) is 0 Å². The van der Waals surface area contributed by atoms with Crippen LogP contribution in [0.5, 0.6) is 0 Å². The summed E-state index contributed by atoms with van der Waals surface area (Å²) in [5.74, 6) is -0.301. The van der Waals surface area contributed by atoms with Crippen molar-refractivity contribution in [3.8, 4) is 0 Å². The molecule has 0 aliphatic carbocycles. The third kappa shape index (κ3) is 3.19. The molecule has 31 heavy (non-hydrogen) atoms. The van der Waals surface area contributed by atoms with Gasteiger partial charge in [0.15, 0.2) is 0 Å². The molecule has 2 unspecified atom stereocenters. The molecule has 2 amide bonds. The van der Waals surface area contributed by atoms with E-state index in [9.17, 15) is 9.59 Å². The highest BCUT2D eigenvalue weighted by Gasteiger charge is 2.67. The van der Waals surface area contributed by atoms with E-state index in [0.29, 0.717) is 19.6 Å². The van der Waals surface area contributed by atoms with Gasteiger partial charge in [0, 0.05) is 25.5 Å². The van der Waals surface area contributed by atoms with Crippen LogP contribution in [0.1, 0.15) is 28.2 Å². The number of nitrogens with one attached hydrogen (secondary N) is 1. The first kappa shape index (κ1) is 20.0. The molecule has 1 aromatic heterocycles. The van der Waals surface area contributed by atoms with Crippen LogP contribution < -0.4 is 0 Å². The van der Waals surface area contributed by atoms with Crippen LogP contribution >= 0.6 is 0 Å². The first-order valence-corrected chi connectivity index (χ1v) is 10.7.